The van der Waals surface area contributed by atoms with Crippen molar-refractivity contribution < 1.29 is 18.7 Å². The van der Waals surface area contributed by atoms with E-state index in [4.69, 9.17) is 19.6 Å². The van der Waals surface area contributed by atoms with E-state index in [1.165, 1.54) is 0 Å². The lowest BCUT2D eigenvalue weighted by atomic mass is 10.1. The maximum Gasteiger partial charge on any atom is 0.341 e. The number of nitrogen functional groups attached to an aromatic ring is 1. The number of anilines is 1. The Hall–Kier alpha value is -2.43. The standard InChI is InChI=1S/C14H15NO4/c1-2-17-14(16)11-6-3-7-12(15)13(11)19-9-10-5-4-8-18-10/h3-8H,2,9,15H2,1H3. The highest BCUT2D eigenvalue weighted by atomic mass is 16.5. The van der Waals surface area contributed by atoms with Crippen molar-refractivity contribution >= 4 is 11.7 Å². The molecule has 1 heterocycles. The summed E-state index contributed by atoms with van der Waals surface area (Å²) in [5.41, 5.74) is 6.53. The van der Waals surface area contributed by atoms with Crippen molar-refractivity contribution in [1.29, 1.82) is 0 Å². The lowest BCUT2D eigenvalue weighted by Crippen LogP contribution is -2.09. The number of rotatable bonds is 5. The zero-order chi connectivity index (χ0) is 13.7. The molecule has 5 heteroatoms. The van der Waals surface area contributed by atoms with Crippen molar-refractivity contribution in [3.05, 3.63) is 47.9 Å². The quantitative estimate of drug-likeness (QED) is 0.661. The highest BCUT2D eigenvalue weighted by molar-refractivity contribution is 5.94. The molecule has 0 unspecified atom stereocenters. The largest absolute Gasteiger partial charge is 0.483 e. The van der Waals surface area contributed by atoms with Gasteiger partial charge in [0.2, 0.25) is 0 Å². The predicted octanol–water partition coefficient (Wildman–Crippen LogP) is 2.62. The molecule has 0 radical (unpaired) electrons. The van der Waals surface area contributed by atoms with Crippen LogP contribution in [-0.2, 0) is 11.3 Å². The molecule has 1 aromatic carbocycles. The first-order chi connectivity index (χ1) is 9.22. The molecule has 2 rings (SSSR count). The molecular weight excluding hydrogens is 246 g/mol. The van der Waals surface area contributed by atoms with Crippen LogP contribution in [0.2, 0.25) is 0 Å². The number of carbonyl (C=O) groups excluding carboxylic acids is 1. The Labute approximate surface area is 110 Å². The van der Waals surface area contributed by atoms with Crippen LogP contribution in [0, 0.1) is 0 Å². The first-order valence-corrected chi connectivity index (χ1v) is 5.93. The lowest BCUT2D eigenvalue weighted by Gasteiger charge is -2.12. The molecule has 100 valence electrons. The van der Waals surface area contributed by atoms with Crippen LogP contribution in [0.15, 0.2) is 41.0 Å². The number of esters is 1. The summed E-state index contributed by atoms with van der Waals surface area (Å²) < 4.78 is 15.7. The molecule has 0 fully saturated rings. The average molecular weight is 261 g/mol. The fraction of sp³-hybridized carbons (Fsp3) is 0.214. The van der Waals surface area contributed by atoms with E-state index in [0.29, 0.717) is 29.4 Å². The van der Waals surface area contributed by atoms with Crippen LogP contribution in [0.1, 0.15) is 23.0 Å². The summed E-state index contributed by atoms with van der Waals surface area (Å²) in [6, 6.07) is 8.51. The molecule has 0 saturated heterocycles. The molecule has 0 amide bonds. The summed E-state index contributed by atoms with van der Waals surface area (Å²) in [4.78, 5) is 11.8. The van der Waals surface area contributed by atoms with E-state index in [1.54, 1.807) is 43.5 Å². The number of nitrogens with two attached hydrogens (primary N) is 1. The molecule has 0 saturated carbocycles. The number of hydrogen-bond donors (Lipinski definition) is 1. The molecule has 19 heavy (non-hydrogen) atoms. The lowest BCUT2D eigenvalue weighted by molar-refractivity contribution is 0.0521. The van der Waals surface area contributed by atoms with Gasteiger partial charge in [0.05, 0.1) is 18.6 Å². The Morgan fingerprint density at radius 3 is 2.84 bits per heavy atom. The maximum absolute atomic E-state index is 11.8. The van der Waals surface area contributed by atoms with E-state index in [9.17, 15) is 4.79 Å². The Bertz CT molecular complexity index is 549. The van der Waals surface area contributed by atoms with Gasteiger partial charge in [-0.1, -0.05) is 6.07 Å². The predicted molar refractivity (Wildman–Crippen MR) is 69.9 cm³/mol. The number of benzene rings is 1. The molecule has 0 atom stereocenters. The maximum atomic E-state index is 11.8. The molecule has 0 spiro atoms. The van der Waals surface area contributed by atoms with Crippen LogP contribution in [0.5, 0.6) is 5.75 Å². The van der Waals surface area contributed by atoms with Gasteiger partial charge in [0.15, 0.2) is 5.75 Å². The second-order valence-electron chi connectivity index (χ2n) is 3.81. The zero-order valence-electron chi connectivity index (χ0n) is 10.6. The molecule has 0 bridgehead atoms. The Balaban J connectivity index is 2.20. The van der Waals surface area contributed by atoms with Crippen molar-refractivity contribution in [2.24, 2.45) is 0 Å². The van der Waals surface area contributed by atoms with Crippen LogP contribution < -0.4 is 10.5 Å². The van der Waals surface area contributed by atoms with Gasteiger partial charge in [0, 0.05) is 0 Å². The normalized spacial score (nSPS) is 10.2. The molecule has 5 nitrogen and oxygen atoms in total. The smallest absolute Gasteiger partial charge is 0.341 e. The molecule has 0 aliphatic heterocycles. The van der Waals surface area contributed by atoms with Gasteiger partial charge in [0.1, 0.15) is 17.9 Å². The number of para-hydroxylation sites is 1. The van der Waals surface area contributed by atoms with E-state index in [0.717, 1.165) is 0 Å². The third-order valence-electron chi connectivity index (χ3n) is 2.48. The third kappa shape index (κ3) is 3.07. The molecule has 1 aromatic heterocycles. The van der Waals surface area contributed by atoms with E-state index >= 15 is 0 Å². The van der Waals surface area contributed by atoms with Crippen molar-refractivity contribution in [2.75, 3.05) is 12.3 Å². The van der Waals surface area contributed by atoms with Gasteiger partial charge in [-0.25, -0.2) is 4.79 Å². The number of furan rings is 1. The second-order valence-corrected chi connectivity index (χ2v) is 3.81. The van der Waals surface area contributed by atoms with E-state index in [1.807, 2.05) is 0 Å². The van der Waals surface area contributed by atoms with Crippen molar-refractivity contribution in [1.82, 2.24) is 0 Å². The van der Waals surface area contributed by atoms with Crippen LogP contribution >= 0.6 is 0 Å². The van der Waals surface area contributed by atoms with Gasteiger partial charge in [-0.3, -0.25) is 0 Å². The molecule has 0 aliphatic rings. The van der Waals surface area contributed by atoms with E-state index in [2.05, 4.69) is 0 Å². The first-order valence-electron chi connectivity index (χ1n) is 5.93. The van der Waals surface area contributed by atoms with Crippen molar-refractivity contribution in [3.63, 3.8) is 0 Å². The SMILES string of the molecule is CCOC(=O)c1cccc(N)c1OCc1ccco1. The molecule has 0 aliphatic carbocycles. The van der Waals surface area contributed by atoms with Crippen LogP contribution in [0.3, 0.4) is 0 Å². The van der Waals surface area contributed by atoms with Crippen molar-refractivity contribution in [2.45, 2.75) is 13.5 Å². The summed E-state index contributed by atoms with van der Waals surface area (Å²) in [6.45, 7) is 2.24. The third-order valence-corrected chi connectivity index (χ3v) is 2.48. The minimum Gasteiger partial charge on any atom is -0.483 e. The van der Waals surface area contributed by atoms with Gasteiger partial charge in [-0.05, 0) is 31.2 Å². The Morgan fingerprint density at radius 1 is 1.32 bits per heavy atom. The first kappa shape index (κ1) is 13.0. The number of ether oxygens (including phenoxy) is 2. The Kier molecular flexibility index (Phi) is 4.07. The highest BCUT2D eigenvalue weighted by Gasteiger charge is 2.16. The summed E-state index contributed by atoms with van der Waals surface area (Å²) in [5, 5.41) is 0. The van der Waals surface area contributed by atoms with Gasteiger partial charge in [0.25, 0.3) is 0 Å². The second kappa shape index (κ2) is 5.95. The summed E-state index contributed by atoms with van der Waals surface area (Å²) in [6.07, 6.45) is 1.55. The summed E-state index contributed by atoms with van der Waals surface area (Å²) >= 11 is 0. The fourth-order valence-corrected chi connectivity index (χ4v) is 1.62. The van der Waals surface area contributed by atoms with Gasteiger partial charge >= 0.3 is 5.97 Å². The topological polar surface area (TPSA) is 74.7 Å². The van der Waals surface area contributed by atoms with Gasteiger partial charge < -0.3 is 19.6 Å². The van der Waals surface area contributed by atoms with Crippen LogP contribution in [0.25, 0.3) is 0 Å². The minimum absolute atomic E-state index is 0.202. The van der Waals surface area contributed by atoms with Crippen LogP contribution in [-0.4, -0.2) is 12.6 Å². The fourth-order valence-electron chi connectivity index (χ4n) is 1.62. The summed E-state index contributed by atoms with van der Waals surface area (Å²) in [7, 11) is 0. The molecule has 2 aromatic rings. The van der Waals surface area contributed by atoms with E-state index < -0.39 is 5.97 Å². The minimum atomic E-state index is -0.454. The van der Waals surface area contributed by atoms with Crippen LogP contribution in [0.4, 0.5) is 5.69 Å². The van der Waals surface area contributed by atoms with Crippen molar-refractivity contribution in [3.8, 4) is 5.75 Å². The highest BCUT2D eigenvalue weighted by Crippen LogP contribution is 2.28. The Morgan fingerprint density at radius 2 is 2.16 bits per heavy atom. The number of hydrogen-bond acceptors (Lipinski definition) is 5. The number of carbonyl (C=O) groups is 1. The molecular formula is C14H15NO4. The zero-order valence-corrected chi connectivity index (χ0v) is 10.6. The van der Waals surface area contributed by atoms with E-state index in [-0.39, 0.29) is 6.61 Å². The monoisotopic (exact) mass is 261 g/mol. The summed E-state index contributed by atoms with van der Waals surface area (Å²) in [5.74, 6) is 0.514. The average Bonchev–Trinajstić information content (AvgIpc) is 2.90. The van der Waals surface area contributed by atoms with Gasteiger partial charge in [-0.15, -0.1) is 0 Å². The van der Waals surface area contributed by atoms with Gasteiger partial charge in [-0.2, -0.15) is 0 Å². The molecule has 2 N–H and O–H groups in total.